The largest absolute Gasteiger partial charge is 0.493 e. The second kappa shape index (κ2) is 2.07. The highest BCUT2D eigenvalue weighted by molar-refractivity contribution is 5.47. The molecule has 0 spiro atoms. The molecule has 1 aromatic carbocycles. The standard InChI is InChI=1S/C11H13NO/c1-7-9-6-13-10-5-3-2-4-8(10)11(7,9)12/h2-5,7,9H,6,12H2,1H3. The maximum atomic E-state index is 6.33. The first kappa shape index (κ1) is 7.39. The molecule has 0 radical (unpaired) electrons. The lowest BCUT2D eigenvalue weighted by molar-refractivity contribution is 0.259. The average Bonchev–Trinajstić information content (AvgIpc) is 2.71. The topological polar surface area (TPSA) is 35.2 Å². The Labute approximate surface area is 77.7 Å². The van der Waals surface area contributed by atoms with Crippen LogP contribution in [0.4, 0.5) is 0 Å². The van der Waals surface area contributed by atoms with Gasteiger partial charge in [-0.3, -0.25) is 0 Å². The van der Waals surface area contributed by atoms with Crippen molar-refractivity contribution < 1.29 is 4.74 Å². The van der Waals surface area contributed by atoms with Gasteiger partial charge in [0.05, 0.1) is 12.1 Å². The third-order valence-electron chi connectivity index (χ3n) is 3.63. The van der Waals surface area contributed by atoms with Crippen LogP contribution >= 0.6 is 0 Å². The third-order valence-corrected chi connectivity index (χ3v) is 3.63. The van der Waals surface area contributed by atoms with Crippen molar-refractivity contribution in [3.8, 4) is 5.75 Å². The first-order valence-electron chi connectivity index (χ1n) is 4.76. The summed E-state index contributed by atoms with van der Waals surface area (Å²) in [6.45, 7) is 2.99. The van der Waals surface area contributed by atoms with Crippen molar-refractivity contribution in [3.63, 3.8) is 0 Å². The fourth-order valence-electron chi connectivity index (χ4n) is 2.54. The zero-order valence-corrected chi connectivity index (χ0v) is 7.66. The van der Waals surface area contributed by atoms with Crippen molar-refractivity contribution in [2.45, 2.75) is 12.5 Å². The fourth-order valence-corrected chi connectivity index (χ4v) is 2.54. The minimum Gasteiger partial charge on any atom is -0.493 e. The molecule has 2 heteroatoms. The molecule has 1 aliphatic heterocycles. The molecule has 1 heterocycles. The van der Waals surface area contributed by atoms with Crippen LogP contribution in [-0.2, 0) is 5.54 Å². The van der Waals surface area contributed by atoms with Gasteiger partial charge in [-0.1, -0.05) is 25.1 Å². The Morgan fingerprint density at radius 1 is 1.46 bits per heavy atom. The predicted octanol–water partition coefficient (Wildman–Crippen LogP) is 1.50. The Morgan fingerprint density at radius 2 is 2.23 bits per heavy atom. The van der Waals surface area contributed by atoms with Crippen molar-refractivity contribution in [1.29, 1.82) is 0 Å². The van der Waals surface area contributed by atoms with E-state index in [0.717, 1.165) is 12.4 Å². The second-order valence-electron chi connectivity index (χ2n) is 4.14. The summed E-state index contributed by atoms with van der Waals surface area (Å²) < 4.78 is 5.63. The number of ether oxygens (including phenoxy) is 1. The monoisotopic (exact) mass is 175 g/mol. The van der Waals surface area contributed by atoms with Gasteiger partial charge in [-0.25, -0.2) is 0 Å². The predicted molar refractivity (Wildman–Crippen MR) is 50.5 cm³/mol. The minimum atomic E-state index is -0.0884. The number of benzene rings is 1. The zero-order valence-electron chi connectivity index (χ0n) is 7.66. The first-order valence-corrected chi connectivity index (χ1v) is 4.76. The summed E-state index contributed by atoms with van der Waals surface area (Å²) in [6.07, 6.45) is 0. The van der Waals surface area contributed by atoms with E-state index in [2.05, 4.69) is 13.0 Å². The number of fused-ring (bicyclic) bond motifs is 3. The summed E-state index contributed by atoms with van der Waals surface area (Å²) >= 11 is 0. The summed E-state index contributed by atoms with van der Waals surface area (Å²) in [5.41, 5.74) is 7.43. The van der Waals surface area contributed by atoms with Crippen LogP contribution in [-0.4, -0.2) is 6.61 Å². The van der Waals surface area contributed by atoms with Crippen molar-refractivity contribution >= 4 is 0 Å². The molecule has 3 rings (SSSR count). The fraction of sp³-hybridized carbons (Fsp3) is 0.455. The van der Waals surface area contributed by atoms with Gasteiger partial charge in [-0.15, -0.1) is 0 Å². The van der Waals surface area contributed by atoms with Gasteiger partial charge in [0.25, 0.3) is 0 Å². The van der Waals surface area contributed by atoms with E-state index in [0.29, 0.717) is 11.8 Å². The molecule has 68 valence electrons. The van der Waals surface area contributed by atoms with E-state index in [4.69, 9.17) is 10.5 Å². The molecule has 1 saturated carbocycles. The maximum Gasteiger partial charge on any atom is 0.124 e. The lowest BCUT2D eigenvalue weighted by Crippen LogP contribution is -2.29. The van der Waals surface area contributed by atoms with E-state index in [1.807, 2.05) is 18.2 Å². The van der Waals surface area contributed by atoms with E-state index in [1.165, 1.54) is 5.56 Å². The molecule has 3 atom stereocenters. The van der Waals surface area contributed by atoms with E-state index < -0.39 is 0 Å². The van der Waals surface area contributed by atoms with Crippen LogP contribution < -0.4 is 10.5 Å². The Morgan fingerprint density at radius 3 is 3.08 bits per heavy atom. The van der Waals surface area contributed by atoms with Gasteiger partial charge < -0.3 is 10.5 Å². The van der Waals surface area contributed by atoms with Gasteiger partial charge in [0.1, 0.15) is 5.75 Å². The second-order valence-corrected chi connectivity index (χ2v) is 4.14. The molecule has 2 nitrogen and oxygen atoms in total. The summed E-state index contributed by atoms with van der Waals surface area (Å²) in [7, 11) is 0. The van der Waals surface area contributed by atoms with Crippen LogP contribution in [0.2, 0.25) is 0 Å². The van der Waals surface area contributed by atoms with Gasteiger partial charge >= 0.3 is 0 Å². The molecule has 0 amide bonds. The Hall–Kier alpha value is -1.02. The van der Waals surface area contributed by atoms with Crippen LogP contribution in [0, 0.1) is 11.8 Å². The Kier molecular flexibility index (Phi) is 1.18. The molecule has 2 N–H and O–H groups in total. The molecule has 1 aromatic rings. The lowest BCUT2D eigenvalue weighted by atomic mass is 9.99. The summed E-state index contributed by atoms with van der Waals surface area (Å²) in [4.78, 5) is 0. The maximum absolute atomic E-state index is 6.33. The smallest absolute Gasteiger partial charge is 0.124 e. The van der Waals surface area contributed by atoms with Gasteiger partial charge in [-0.2, -0.15) is 0 Å². The molecule has 1 aliphatic carbocycles. The molecule has 2 aliphatic rings. The van der Waals surface area contributed by atoms with Crippen molar-refractivity contribution in [2.24, 2.45) is 17.6 Å². The number of hydrogen-bond donors (Lipinski definition) is 1. The minimum absolute atomic E-state index is 0.0884. The molecule has 1 fully saturated rings. The third kappa shape index (κ3) is 0.724. The van der Waals surface area contributed by atoms with Crippen LogP contribution in [0.5, 0.6) is 5.75 Å². The normalized spacial score (nSPS) is 40.2. The van der Waals surface area contributed by atoms with Crippen LogP contribution in [0.15, 0.2) is 24.3 Å². The average molecular weight is 175 g/mol. The highest BCUT2D eigenvalue weighted by Crippen LogP contribution is 2.59. The van der Waals surface area contributed by atoms with Crippen LogP contribution in [0.1, 0.15) is 12.5 Å². The molecule has 13 heavy (non-hydrogen) atoms. The number of rotatable bonds is 0. The quantitative estimate of drug-likeness (QED) is 0.648. The first-order chi connectivity index (χ1) is 6.24. The highest BCUT2D eigenvalue weighted by Gasteiger charge is 2.63. The highest BCUT2D eigenvalue weighted by atomic mass is 16.5. The SMILES string of the molecule is CC1C2COc3ccccc3C12N. The van der Waals surface area contributed by atoms with E-state index >= 15 is 0 Å². The Balaban J connectivity index is 2.17. The molecule has 0 saturated heterocycles. The zero-order chi connectivity index (χ0) is 9.05. The lowest BCUT2D eigenvalue weighted by Gasteiger charge is -2.22. The van der Waals surface area contributed by atoms with Crippen LogP contribution in [0.3, 0.4) is 0 Å². The summed E-state index contributed by atoms with van der Waals surface area (Å²) in [5.74, 6) is 2.07. The van der Waals surface area contributed by atoms with E-state index in [9.17, 15) is 0 Å². The number of para-hydroxylation sites is 1. The number of hydrogen-bond acceptors (Lipinski definition) is 2. The summed E-state index contributed by atoms with van der Waals surface area (Å²) in [5, 5.41) is 0. The van der Waals surface area contributed by atoms with Gasteiger partial charge in [0, 0.05) is 11.5 Å². The van der Waals surface area contributed by atoms with Crippen molar-refractivity contribution in [3.05, 3.63) is 29.8 Å². The van der Waals surface area contributed by atoms with Gasteiger partial charge in [0.15, 0.2) is 0 Å². The molecule has 0 aromatic heterocycles. The number of nitrogens with two attached hydrogens (primary N) is 1. The van der Waals surface area contributed by atoms with Crippen molar-refractivity contribution in [1.82, 2.24) is 0 Å². The van der Waals surface area contributed by atoms with Gasteiger partial charge in [0.2, 0.25) is 0 Å². The van der Waals surface area contributed by atoms with Gasteiger partial charge in [-0.05, 0) is 12.0 Å². The molecular weight excluding hydrogens is 162 g/mol. The van der Waals surface area contributed by atoms with Crippen molar-refractivity contribution in [2.75, 3.05) is 6.61 Å². The Bertz CT molecular complexity index is 363. The summed E-state index contributed by atoms with van der Waals surface area (Å²) in [6, 6.07) is 8.12. The molecule has 3 unspecified atom stereocenters. The van der Waals surface area contributed by atoms with E-state index in [-0.39, 0.29) is 5.54 Å². The van der Waals surface area contributed by atoms with E-state index in [1.54, 1.807) is 0 Å². The van der Waals surface area contributed by atoms with Crippen LogP contribution in [0.25, 0.3) is 0 Å². The molecule has 0 bridgehead atoms. The molecular formula is C11H13NO.